The largest absolute Gasteiger partial charge is 0.396 e. The number of carbonyl (C=O) groups excluding carboxylic acids is 2. The minimum absolute atomic E-state index is 0.0525. The van der Waals surface area contributed by atoms with Crippen molar-refractivity contribution >= 4 is 33.4 Å². The van der Waals surface area contributed by atoms with Gasteiger partial charge in [0.25, 0.3) is 11.8 Å². The Morgan fingerprint density at radius 1 is 0.576 bits per heavy atom. The summed E-state index contributed by atoms with van der Waals surface area (Å²) in [6.07, 6.45) is 4.08. The van der Waals surface area contributed by atoms with E-state index in [4.69, 9.17) is 0 Å². The number of carbonyl (C=O) groups is 2. The summed E-state index contributed by atoms with van der Waals surface area (Å²) in [5.74, 6) is -0.299. The molecular formula is C53H47N3O3. The molecule has 0 bridgehead atoms. The number of aliphatic hydroxyl groups is 1. The molecule has 0 radical (unpaired) electrons. The standard InChI is InChI=1S/C53H47N3O3/c1-33-23-24-40(41-16-11-26-54-32-41)29-49(33)52(58)55-36(4)44-19-9-21-47-46(44)20-10-22-48(47)50-30-42(39-15-7-12-37(28-39)25-27-57)31-51(34(50)2)53(59)56-35(3)43-18-8-14-38-13-5-6-17-45(38)43/h5-24,26,28-32,35-36,57H,25,27H2,1-4H3,(H,55,58)(H,56,59)/t35-,36-/m1/s1. The lowest BCUT2D eigenvalue weighted by atomic mass is 9.87. The lowest BCUT2D eigenvalue weighted by Crippen LogP contribution is -2.27. The molecule has 2 atom stereocenters. The molecule has 0 aliphatic heterocycles. The summed E-state index contributed by atoms with van der Waals surface area (Å²) in [5.41, 5.74) is 11.7. The van der Waals surface area contributed by atoms with E-state index >= 15 is 0 Å². The fourth-order valence-electron chi connectivity index (χ4n) is 8.29. The van der Waals surface area contributed by atoms with Gasteiger partial charge in [0, 0.05) is 35.7 Å². The van der Waals surface area contributed by atoms with Gasteiger partial charge in [0.2, 0.25) is 0 Å². The highest BCUT2D eigenvalue weighted by Crippen LogP contribution is 2.38. The zero-order valence-electron chi connectivity index (χ0n) is 33.8. The third kappa shape index (κ3) is 8.00. The van der Waals surface area contributed by atoms with Crippen LogP contribution < -0.4 is 10.6 Å². The molecule has 8 rings (SSSR count). The number of benzene rings is 7. The predicted molar refractivity (Wildman–Crippen MR) is 240 cm³/mol. The van der Waals surface area contributed by atoms with E-state index in [1.807, 2.05) is 107 Å². The molecule has 1 aromatic heterocycles. The maximum Gasteiger partial charge on any atom is 0.252 e. The molecule has 6 heteroatoms. The zero-order valence-corrected chi connectivity index (χ0v) is 33.8. The van der Waals surface area contributed by atoms with Gasteiger partial charge in [-0.15, -0.1) is 0 Å². The molecule has 0 aliphatic rings. The maximum atomic E-state index is 14.5. The quantitative estimate of drug-likeness (QED) is 0.122. The summed E-state index contributed by atoms with van der Waals surface area (Å²) in [5, 5.41) is 20.6. The molecule has 0 aliphatic carbocycles. The van der Waals surface area contributed by atoms with Gasteiger partial charge in [-0.3, -0.25) is 14.6 Å². The van der Waals surface area contributed by atoms with Crippen LogP contribution in [0.3, 0.4) is 0 Å². The Labute approximate surface area is 345 Å². The number of hydrogen-bond acceptors (Lipinski definition) is 4. The maximum absolute atomic E-state index is 14.5. The van der Waals surface area contributed by atoms with Crippen LogP contribution in [0.2, 0.25) is 0 Å². The van der Waals surface area contributed by atoms with Crippen molar-refractivity contribution in [1.82, 2.24) is 15.6 Å². The molecule has 0 saturated carbocycles. The second-order valence-electron chi connectivity index (χ2n) is 15.3. The van der Waals surface area contributed by atoms with Gasteiger partial charge in [-0.1, -0.05) is 121 Å². The molecule has 1 heterocycles. The molecule has 59 heavy (non-hydrogen) atoms. The van der Waals surface area contributed by atoms with Crippen molar-refractivity contribution in [2.24, 2.45) is 0 Å². The molecular weight excluding hydrogens is 727 g/mol. The topological polar surface area (TPSA) is 91.3 Å². The summed E-state index contributed by atoms with van der Waals surface area (Å²) in [6, 6.07) is 48.5. The van der Waals surface area contributed by atoms with Crippen LogP contribution in [0.15, 0.2) is 158 Å². The van der Waals surface area contributed by atoms with Crippen molar-refractivity contribution in [3.63, 3.8) is 0 Å². The van der Waals surface area contributed by atoms with Crippen LogP contribution in [0.5, 0.6) is 0 Å². The van der Waals surface area contributed by atoms with E-state index in [1.165, 1.54) is 0 Å². The van der Waals surface area contributed by atoms with E-state index in [2.05, 4.69) is 82.3 Å². The number of nitrogens with one attached hydrogen (secondary N) is 2. The van der Waals surface area contributed by atoms with Gasteiger partial charge in [0.1, 0.15) is 0 Å². The Hall–Kier alpha value is -6.89. The van der Waals surface area contributed by atoms with Gasteiger partial charge < -0.3 is 15.7 Å². The van der Waals surface area contributed by atoms with Crippen molar-refractivity contribution in [2.75, 3.05) is 6.61 Å². The number of hydrogen-bond donors (Lipinski definition) is 3. The highest BCUT2D eigenvalue weighted by Gasteiger charge is 2.22. The van der Waals surface area contributed by atoms with Crippen molar-refractivity contribution in [1.29, 1.82) is 0 Å². The number of aromatic nitrogens is 1. The van der Waals surface area contributed by atoms with E-state index in [9.17, 15) is 14.7 Å². The number of rotatable bonds is 11. The highest BCUT2D eigenvalue weighted by molar-refractivity contribution is 6.05. The first kappa shape index (κ1) is 39.0. The lowest BCUT2D eigenvalue weighted by molar-refractivity contribution is 0.0931. The zero-order chi connectivity index (χ0) is 41.0. The first-order valence-electron chi connectivity index (χ1n) is 20.2. The van der Waals surface area contributed by atoms with E-state index in [0.29, 0.717) is 17.5 Å². The van der Waals surface area contributed by atoms with E-state index in [0.717, 1.165) is 82.7 Å². The summed E-state index contributed by atoms with van der Waals surface area (Å²) in [6.45, 7) is 8.08. The second kappa shape index (κ2) is 16.9. The Kier molecular flexibility index (Phi) is 11.2. The third-order valence-corrected chi connectivity index (χ3v) is 11.5. The minimum Gasteiger partial charge on any atom is -0.396 e. The summed E-state index contributed by atoms with van der Waals surface area (Å²) in [7, 11) is 0. The third-order valence-electron chi connectivity index (χ3n) is 11.5. The molecule has 8 aromatic rings. The average molecular weight is 774 g/mol. The monoisotopic (exact) mass is 773 g/mol. The van der Waals surface area contributed by atoms with Crippen molar-refractivity contribution in [3.05, 3.63) is 197 Å². The van der Waals surface area contributed by atoms with Crippen molar-refractivity contribution in [3.8, 4) is 33.4 Å². The van der Waals surface area contributed by atoms with Crippen molar-refractivity contribution < 1.29 is 14.7 Å². The molecule has 3 N–H and O–H groups in total. The summed E-state index contributed by atoms with van der Waals surface area (Å²) >= 11 is 0. The normalized spacial score (nSPS) is 12.3. The van der Waals surface area contributed by atoms with Gasteiger partial charge in [0.15, 0.2) is 0 Å². The number of fused-ring (bicyclic) bond motifs is 2. The van der Waals surface area contributed by atoms with Crippen LogP contribution in [0.4, 0.5) is 0 Å². The molecule has 0 unspecified atom stereocenters. The molecule has 292 valence electrons. The lowest BCUT2D eigenvalue weighted by Gasteiger charge is -2.21. The number of amides is 2. The summed E-state index contributed by atoms with van der Waals surface area (Å²) < 4.78 is 0. The Balaban J connectivity index is 1.18. The van der Waals surface area contributed by atoms with Gasteiger partial charge in [-0.2, -0.15) is 0 Å². The van der Waals surface area contributed by atoms with Gasteiger partial charge in [0.05, 0.1) is 12.1 Å². The van der Waals surface area contributed by atoms with Gasteiger partial charge >= 0.3 is 0 Å². The molecule has 0 spiro atoms. The molecule has 6 nitrogen and oxygen atoms in total. The number of pyridine rings is 1. The van der Waals surface area contributed by atoms with Gasteiger partial charge in [-0.05, 0) is 136 Å². The van der Waals surface area contributed by atoms with Crippen LogP contribution in [0.1, 0.15) is 74.5 Å². The SMILES string of the molecule is Cc1ccc(-c2cccnc2)cc1C(=O)N[C@H](C)c1cccc2c(-c3cc(-c4cccc(CCO)c4)cc(C(=O)N[C@H](C)c4cccc5ccccc45)c3C)cccc12. The molecule has 0 saturated heterocycles. The number of nitrogens with zero attached hydrogens (tertiary/aromatic N) is 1. The summed E-state index contributed by atoms with van der Waals surface area (Å²) in [4.78, 5) is 32.6. The molecule has 0 fully saturated rings. The van der Waals surface area contributed by atoms with Crippen LogP contribution in [0, 0.1) is 13.8 Å². The predicted octanol–water partition coefficient (Wildman–Crippen LogP) is 11.5. The van der Waals surface area contributed by atoms with E-state index in [-0.39, 0.29) is 30.5 Å². The second-order valence-corrected chi connectivity index (χ2v) is 15.3. The first-order valence-corrected chi connectivity index (χ1v) is 20.2. The van der Waals surface area contributed by atoms with Crippen LogP contribution >= 0.6 is 0 Å². The highest BCUT2D eigenvalue weighted by atomic mass is 16.3. The Morgan fingerprint density at radius 2 is 1.20 bits per heavy atom. The molecule has 2 amide bonds. The smallest absolute Gasteiger partial charge is 0.252 e. The fraction of sp³-hybridized carbons (Fsp3) is 0.151. The Bertz CT molecular complexity index is 2840. The average Bonchev–Trinajstić information content (AvgIpc) is 3.26. The number of aliphatic hydroxyl groups excluding tert-OH is 1. The molecule has 7 aromatic carbocycles. The van der Waals surface area contributed by atoms with E-state index < -0.39 is 0 Å². The minimum atomic E-state index is -0.304. The van der Waals surface area contributed by atoms with Crippen LogP contribution in [0.25, 0.3) is 54.9 Å². The fourth-order valence-corrected chi connectivity index (χ4v) is 8.29. The van der Waals surface area contributed by atoms with Crippen molar-refractivity contribution in [2.45, 2.75) is 46.2 Å². The van der Waals surface area contributed by atoms with Gasteiger partial charge in [-0.25, -0.2) is 0 Å². The van der Waals surface area contributed by atoms with E-state index in [1.54, 1.807) is 12.4 Å². The Morgan fingerprint density at radius 3 is 1.98 bits per heavy atom. The number of aryl methyl sites for hydroxylation is 1. The van der Waals surface area contributed by atoms with Crippen LogP contribution in [-0.2, 0) is 6.42 Å². The first-order chi connectivity index (χ1) is 28.7. The van der Waals surface area contributed by atoms with Crippen LogP contribution in [-0.4, -0.2) is 28.5 Å².